The van der Waals surface area contributed by atoms with Gasteiger partial charge in [-0.2, -0.15) is 0 Å². The Balaban J connectivity index is 1.64. The third-order valence-electron chi connectivity index (χ3n) is 6.16. The fourth-order valence-electron chi connectivity index (χ4n) is 4.17. The zero-order valence-corrected chi connectivity index (χ0v) is 21.2. The number of fused-ring (bicyclic) bond motifs is 1. The maximum absolute atomic E-state index is 13.6. The summed E-state index contributed by atoms with van der Waals surface area (Å²) in [7, 11) is -4.02. The zero-order chi connectivity index (χ0) is 25.2. The molecule has 1 aliphatic rings. The molecule has 0 aromatic heterocycles. The van der Waals surface area contributed by atoms with Crippen molar-refractivity contribution in [3.63, 3.8) is 0 Å². The van der Waals surface area contributed by atoms with Gasteiger partial charge in [0.15, 0.2) is 11.5 Å². The van der Waals surface area contributed by atoms with Crippen LogP contribution < -0.4 is 19.1 Å². The number of rotatable bonds is 7. The second-order valence-corrected chi connectivity index (χ2v) is 10.6. The first-order chi connectivity index (χ1) is 16.7. The van der Waals surface area contributed by atoms with Gasteiger partial charge in [-0.25, -0.2) is 8.42 Å². The first-order valence-corrected chi connectivity index (χ1v) is 13.0. The van der Waals surface area contributed by atoms with Crippen LogP contribution in [-0.2, 0) is 14.8 Å². The normalized spacial score (nSPS) is 13.7. The molecular weight excluding hydrogens is 464 g/mol. The molecule has 0 bridgehead atoms. The fourth-order valence-corrected chi connectivity index (χ4v) is 5.60. The van der Waals surface area contributed by atoms with E-state index in [1.54, 1.807) is 36.4 Å². The molecule has 1 amide bonds. The first-order valence-electron chi connectivity index (χ1n) is 11.5. The number of hydrogen-bond donors (Lipinski definition) is 1. The van der Waals surface area contributed by atoms with Gasteiger partial charge in [-0.1, -0.05) is 30.3 Å². The summed E-state index contributed by atoms with van der Waals surface area (Å²) in [5.74, 6) is 0.575. The van der Waals surface area contributed by atoms with Crippen molar-refractivity contribution >= 4 is 21.6 Å². The van der Waals surface area contributed by atoms with Crippen LogP contribution in [0.5, 0.6) is 11.5 Å². The lowest BCUT2D eigenvalue weighted by molar-refractivity contribution is -0.120. The van der Waals surface area contributed by atoms with Crippen molar-refractivity contribution in [2.75, 3.05) is 24.1 Å². The minimum absolute atomic E-state index is 0.0979. The van der Waals surface area contributed by atoms with Crippen molar-refractivity contribution in [3.05, 3.63) is 82.9 Å². The molecule has 1 unspecified atom stereocenters. The zero-order valence-electron chi connectivity index (χ0n) is 20.4. The van der Waals surface area contributed by atoms with E-state index in [1.165, 1.54) is 17.7 Å². The molecule has 3 aromatic rings. The highest BCUT2D eigenvalue weighted by molar-refractivity contribution is 7.92. The van der Waals surface area contributed by atoms with Crippen LogP contribution in [0.3, 0.4) is 0 Å². The van der Waals surface area contributed by atoms with E-state index in [1.807, 2.05) is 20.8 Å². The summed E-state index contributed by atoms with van der Waals surface area (Å²) in [6, 6.07) is 16.8. The number of aryl methyl sites for hydroxylation is 3. The molecule has 35 heavy (non-hydrogen) atoms. The third-order valence-corrected chi connectivity index (χ3v) is 7.95. The van der Waals surface area contributed by atoms with Crippen molar-refractivity contribution in [3.8, 4) is 11.5 Å². The van der Waals surface area contributed by atoms with Crippen molar-refractivity contribution in [2.45, 2.75) is 38.6 Å². The Morgan fingerprint density at radius 3 is 2.29 bits per heavy atom. The number of amides is 1. The predicted octanol–water partition coefficient (Wildman–Crippen LogP) is 4.46. The monoisotopic (exact) mass is 494 g/mol. The lowest BCUT2D eigenvalue weighted by Gasteiger charge is -2.27. The standard InChI is InChI=1S/C27H30N2O5S/c1-18-14-20(3)24(15-19(18)2)21(4)28-27(30)17-29(35(31,32)23-8-6-5-7-9-23)22-10-11-25-26(16-22)34-13-12-33-25/h5-11,14-16,21H,12-13,17H2,1-4H3,(H,28,30). The molecule has 0 aliphatic carbocycles. The second-order valence-electron chi connectivity index (χ2n) is 8.73. The Morgan fingerprint density at radius 1 is 0.914 bits per heavy atom. The van der Waals surface area contributed by atoms with Gasteiger partial charge < -0.3 is 14.8 Å². The molecular formula is C27H30N2O5S. The highest BCUT2D eigenvalue weighted by Gasteiger charge is 2.29. The Bertz CT molecular complexity index is 1340. The summed E-state index contributed by atoms with van der Waals surface area (Å²) in [4.78, 5) is 13.3. The Labute approximate surface area is 206 Å². The van der Waals surface area contributed by atoms with Crippen LogP contribution in [-0.4, -0.2) is 34.1 Å². The van der Waals surface area contributed by atoms with Crippen molar-refractivity contribution in [1.82, 2.24) is 5.32 Å². The predicted molar refractivity (Wildman–Crippen MR) is 136 cm³/mol. The smallest absolute Gasteiger partial charge is 0.264 e. The van der Waals surface area contributed by atoms with Crippen LogP contribution in [0.2, 0.25) is 0 Å². The second kappa shape index (κ2) is 10.00. The van der Waals surface area contributed by atoms with Crippen LogP contribution in [0, 0.1) is 20.8 Å². The molecule has 1 atom stereocenters. The van der Waals surface area contributed by atoms with Crippen LogP contribution in [0.1, 0.15) is 35.2 Å². The number of carbonyl (C=O) groups is 1. The van der Waals surface area contributed by atoms with Gasteiger partial charge in [-0.3, -0.25) is 9.10 Å². The number of anilines is 1. The topological polar surface area (TPSA) is 84.9 Å². The number of hydrogen-bond acceptors (Lipinski definition) is 5. The largest absolute Gasteiger partial charge is 0.486 e. The van der Waals surface area contributed by atoms with Crippen molar-refractivity contribution < 1.29 is 22.7 Å². The van der Waals surface area contributed by atoms with Gasteiger partial charge >= 0.3 is 0 Å². The summed E-state index contributed by atoms with van der Waals surface area (Å²) in [5.41, 5.74) is 4.71. The lowest BCUT2D eigenvalue weighted by atomic mass is 9.96. The van der Waals surface area contributed by atoms with E-state index >= 15 is 0 Å². The molecule has 0 spiro atoms. The van der Waals surface area contributed by atoms with E-state index < -0.39 is 15.9 Å². The number of sulfonamides is 1. The van der Waals surface area contributed by atoms with Crippen LogP contribution in [0.15, 0.2) is 65.6 Å². The molecule has 3 aromatic carbocycles. The molecule has 4 rings (SSSR count). The summed E-state index contributed by atoms with van der Waals surface area (Å²) in [5, 5.41) is 2.97. The van der Waals surface area contributed by atoms with Crippen LogP contribution in [0.25, 0.3) is 0 Å². The average Bonchev–Trinajstić information content (AvgIpc) is 2.84. The molecule has 7 nitrogen and oxygen atoms in total. The van der Waals surface area contributed by atoms with Gasteiger partial charge in [-0.15, -0.1) is 0 Å². The summed E-state index contributed by atoms with van der Waals surface area (Å²) < 4.78 is 39.5. The van der Waals surface area contributed by atoms with E-state index in [9.17, 15) is 13.2 Å². The molecule has 1 aliphatic heterocycles. The number of nitrogens with one attached hydrogen (secondary N) is 1. The van der Waals surface area contributed by atoms with E-state index in [0.29, 0.717) is 30.4 Å². The molecule has 1 heterocycles. The summed E-state index contributed by atoms with van der Waals surface area (Å²) >= 11 is 0. The Morgan fingerprint density at radius 2 is 1.57 bits per heavy atom. The van der Waals surface area contributed by atoms with Gasteiger partial charge in [0.05, 0.1) is 16.6 Å². The minimum atomic E-state index is -4.02. The summed E-state index contributed by atoms with van der Waals surface area (Å²) in [6.45, 7) is 8.40. The average molecular weight is 495 g/mol. The van der Waals surface area contributed by atoms with E-state index in [-0.39, 0.29) is 17.5 Å². The van der Waals surface area contributed by atoms with Gasteiger partial charge in [0.1, 0.15) is 19.8 Å². The number of ether oxygens (including phenoxy) is 2. The highest BCUT2D eigenvalue weighted by Crippen LogP contribution is 2.35. The minimum Gasteiger partial charge on any atom is -0.486 e. The van der Waals surface area contributed by atoms with Gasteiger partial charge in [0.25, 0.3) is 10.0 Å². The molecule has 0 saturated heterocycles. The van der Waals surface area contributed by atoms with E-state index in [0.717, 1.165) is 21.0 Å². The molecule has 0 fully saturated rings. The van der Waals surface area contributed by atoms with Crippen LogP contribution in [0.4, 0.5) is 5.69 Å². The highest BCUT2D eigenvalue weighted by atomic mass is 32.2. The Hall–Kier alpha value is -3.52. The number of carbonyl (C=O) groups excluding carboxylic acids is 1. The maximum atomic E-state index is 13.6. The Kier molecular flexibility index (Phi) is 7.03. The fraction of sp³-hybridized carbons (Fsp3) is 0.296. The van der Waals surface area contributed by atoms with Gasteiger partial charge in [0.2, 0.25) is 5.91 Å². The third kappa shape index (κ3) is 5.27. The van der Waals surface area contributed by atoms with Crippen molar-refractivity contribution in [2.24, 2.45) is 0 Å². The first kappa shape index (κ1) is 24.6. The van der Waals surface area contributed by atoms with Crippen LogP contribution >= 0.6 is 0 Å². The van der Waals surface area contributed by atoms with E-state index in [2.05, 4.69) is 24.4 Å². The number of benzene rings is 3. The molecule has 8 heteroatoms. The maximum Gasteiger partial charge on any atom is 0.264 e. The molecule has 0 radical (unpaired) electrons. The van der Waals surface area contributed by atoms with Gasteiger partial charge in [0, 0.05) is 6.07 Å². The lowest BCUT2D eigenvalue weighted by Crippen LogP contribution is -2.41. The van der Waals surface area contributed by atoms with E-state index in [4.69, 9.17) is 9.47 Å². The van der Waals surface area contributed by atoms with Gasteiger partial charge in [-0.05, 0) is 74.2 Å². The summed E-state index contributed by atoms with van der Waals surface area (Å²) in [6.07, 6.45) is 0. The molecule has 1 N–H and O–H groups in total. The number of nitrogens with zero attached hydrogens (tertiary/aromatic N) is 1. The molecule has 184 valence electrons. The SMILES string of the molecule is Cc1cc(C)c(C(C)NC(=O)CN(c2ccc3c(c2)OCCO3)S(=O)(=O)c2ccccc2)cc1C. The van der Waals surface area contributed by atoms with Crippen molar-refractivity contribution in [1.29, 1.82) is 0 Å². The molecule has 0 saturated carbocycles. The quantitative estimate of drug-likeness (QED) is 0.524.